The highest BCUT2D eigenvalue weighted by molar-refractivity contribution is 6.64. The number of rotatable bonds is 3. The zero-order valence-electron chi connectivity index (χ0n) is 10.8. The van der Waals surface area contributed by atoms with Gasteiger partial charge in [0.2, 0.25) is 0 Å². The third-order valence-corrected chi connectivity index (χ3v) is 3.50. The van der Waals surface area contributed by atoms with Crippen LogP contribution in [0.2, 0.25) is 0 Å². The minimum absolute atomic E-state index is 0. The Morgan fingerprint density at radius 3 is 2.90 bits per heavy atom. The molecule has 0 saturated carbocycles. The fourth-order valence-corrected chi connectivity index (χ4v) is 2.48. The van der Waals surface area contributed by atoms with Crippen LogP contribution >= 0.6 is 12.4 Å². The molecule has 8 heteroatoms. The minimum atomic E-state index is -1.00. The van der Waals surface area contributed by atoms with Crippen molar-refractivity contribution >= 4 is 25.0 Å². The Labute approximate surface area is 123 Å². The summed E-state index contributed by atoms with van der Waals surface area (Å²) >= 11 is 0. The highest BCUT2D eigenvalue weighted by Crippen LogP contribution is 2.30. The normalized spacial score (nSPS) is 25.2. The summed E-state index contributed by atoms with van der Waals surface area (Å²) in [5, 5.41) is 18.7. The summed E-state index contributed by atoms with van der Waals surface area (Å²) in [5.41, 5.74) is 7.49. The Balaban J connectivity index is 0.00000147. The Morgan fingerprint density at radius 2 is 2.20 bits per heavy atom. The van der Waals surface area contributed by atoms with Crippen molar-refractivity contribution in [2.24, 2.45) is 5.73 Å². The molecule has 0 bridgehead atoms. The SMILES string of the molecule is Cl.NCC1OB2O[C@H]([C@@H](O)CO)COc3cccc1c32. The third-order valence-electron chi connectivity index (χ3n) is 3.50. The first-order chi connectivity index (χ1) is 9.24. The van der Waals surface area contributed by atoms with Gasteiger partial charge in [0.15, 0.2) is 0 Å². The standard InChI is InChI=1S/C12H16BNO5.ClH/c14-4-10-7-2-1-3-9-12(7)13(18-10)19-11(6-17-9)8(16)5-15;/h1-3,8,10-11,15-16H,4-6,14H2;1H/t8-,10?,11-;/m0./s1. The van der Waals surface area contributed by atoms with Crippen LogP contribution < -0.4 is 15.9 Å². The second-order valence-corrected chi connectivity index (χ2v) is 4.69. The van der Waals surface area contributed by atoms with Crippen LogP contribution in [-0.2, 0) is 9.31 Å². The fourth-order valence-electron chi connectivity index (χ4n) is 2.48. The summed E-state index contributed by atoms with van der Waals surface area (Å²) < 4.78 is 17.1. The number of aliphatic hydroxyl groups excluding tert-OH is 2. The van der Waals surface area contributed by atoms with Crippen LogP contribution in [0.1, 0.15) is 11.7 Å². The molecule has 3 atom stereocenters. The van der Waals surface area contributed by atoms with E-state index in [1.54, 1.807) is 0 Å². The van der Waals surface area contributed by atoms with Gasteiger partial charge in [-0.2, -0.15) is 0 Å². The molecule has 2 aliphatic rings. The number of nitrogens with two attached hydrogens (primary N) is 1. The van der Waals surface area contributed by atoms with Gasteiger partial charge in [0.05, 0.1) is 12.7 Å². The monoisotopic (exact) mass is 301 g/mol. The summed E-state index contributed by atoms with van der Waals surface area (Å²) in [6, 6.07) is 5.66. The van der Waals surface area contributed by atoms with E-state index in [-0.39, 0.29) is 31.7 Å². The molecule has 4 N–H and O–H groups in total. The van der Waals surface area contributed by atoms with Crippen molar-refractivity contribution in [1.82, 2.24) is 0 Å². The predicted molar refractivity (Wildman–Crippen MR) is 75.4 cm³/mol. The molecule has 2 heterocycles. The van der Waals surface area contributed by atoms with Crippen molar-refractivity contribution in [3.8, 4) is 5.75 Å². The molecular formula is C12H17BClNO5. The second-order valence-electron chi connectivity index (χ2n) is 4.69. The lowest BCUT2D eigenvalue weighted by Gasteiger charge is -2.22. The van der Waals surface area contributed by atoms with Gasteiger partial charge in [-0.05, 0) is 11.6 Å². The molecule has 0 radical (unpaired) electrons. The number of benzene rings is 1. The van der Waals surface area contributed by atoms with Crippen LogP contribution in [0.25, 0.3) is 0 Å². The van der Waals surface area contributed by atoms with Crippen molar-refractivity contribution in [2.75, 3.05) is 19.8 Å². The smallest absolute Gasteiger partial charge is 0.491 e. The number of ether oxygens (including phenoxy) is 1. The Bertz CT molecular complexity index is 477. The molecule has 110 valence electrons. The van der Waals surface area contributed by atoms with Crippen LogP contribution in [0.4, 0.5) is 0 Å². The van der Waals surface area contributed by atoms with Crippen molar-refractivity contribution in [3.05, 3.63) is 23.8 Å². The van der Waals surface area contributed by atoms with Crippen LogP contribution in [0.3, 0.4) is 0 Å². The van der Waals surface area contributed by atoms with Crippen LogP contribution in [0, 0.1) is 0 Å². The first kappa shape index (κ1) is 15.6. The Hall–Kier alpha value is -0.825. The maximum Gasteiger partial charge on any atom is 0.498 e. The van der Waals surface area contributed by atoms with Gasteiger partial charge in [0.1, 0.15) is 24.6 Å². The van der Waals surface area contributed by atoms with Crippen molar-refractivity contribution in [3.63, 3.8) is 0 Å². The molecule has 3 rings (SSSR count). The number of hydrogen-bond donors (Lipinski definition) is 3. The molecule has 20 heavy (non-hydrogen) atoms. The van der Waals surface area contributed by atoms with Crippen LogP contribution in [0.15, 0.2) is 18.2 Å². The fraction of sp³-hybridized carbons (Fsp3) is 0.500. The van der Waals surface area contributed by atoms with E-state index in [9.17, 15) is 5.11 Å². The van der Waals surface area contributed by atoms with E-state index < -0.39 is 19.3 Å². The largest absolute Gasteiger partial charge is 0.498 e. The van der Waals surface area contributed by atoms with E-state index in [1.807, 2.05) is 18.2 Å². The zero-order valence-corrected chi connectivity index (χ0v) is 11.6. The summed E-state index contributed by atoms with van der Waals surface area (Å²) in [7, 11) is -0.603. The lowest BCUT2D eigenvalue weighted by atomic mass is 9.77. The van der Waals surface area contributed by atoms with Crippen molar-refractivity contribution in [2.45, 2.75) is 18.3 Å². The third kappa shape index (κ3) is 2.53. The average molecular weight is 302 g/mol. The molecule has 6 nitrogen and oxygen atoms in total. The Kier molecular flexibility index (Phi) is 4.90. The Morgan fingerprint density at radius 1 is 1.40 bits per heavy atom. The first-order valence-electron chi connectivity index (χ1n) is 6.30. The summed E-state index contributed by atoms with van der Waals surface area (Å²) in [6.07, 6.45) is -1.86. The van der Waals surface area contributed by atoms with E-state index in [0.717, 1.165) is 11.0 Å². The van der Waals surface area contributed by atoms with Gasteiger partial charge in [-0.25, -0.2) is 0 Å². The minimum Gasteiger partial charge on any atom is -0.491 e. The van der Waals surface area contributed by atoms with Gasteiger partial charge in [0, 0.05) is 12.0 Å². The van der Waals surface area contributed by atoms with E-state index in [1.165, 1.54) is 0 Å². The topological polar surface area (TPSA) is 94.2 Å². The molecule has 0 aromatic heterocycles. The van der Waals surface area contributed by atoms with Gasteiger partial charge >= 0.3 is 7.12 Å². The van der Waals surface area contributed by atoms with Gasteiger partial charge in [0.25, 0.3) is 0 Å². The molecule has 1 aromatic rings. The average Bonchev–Trinajstić information content (AvgIpc) is 2.69. The number of aliphatic hydroxyl groups is 2. The summed E-state index contributed by atoms with van der Waals surface area (Å²) in [5.74, 6) is 0.686. The maximum atomic E-state index is 9.70. The van der Waals surface area contributed by atoms with Gasteiger partial charge < -0.3 is 30.0 Å². The second kappa shape index (κ2) is 6.30. The number of halogens is 1. The van der Waals surface area contributed by atoms with Crippen molar-refractivity contribution in [1.29, 1.82) is 0 Å². The molecule has 0 amide bonds. The molecule has 2 aliphatic heterocycles. The first-order valence-corrected chi connectivity index (χ1v) is 6.30. The highest BCUT2D eigenvalue weighted by atomic mass is 35.5. The molecule has 1 unspecified atom stereocenters. The van der Waals surface area contributed by atoms with Crippen molar-refractivity contribution < 1.29 is 24.3 Å². The van der Waals surface area contributed by atoms with E-state index in [2.05, 4.69) is 0 Å². The van der Waals surface area contributed by atoms with Crippen LogP contribution in [0.5, 0.6) is 5.75 Å². The molecule has 1 aromatic carbocycles. The van der Waals surface area contributed by atoms with Gasteiger partial charge in [-0.3, -0.25) is 0 Å². The van der Waals surface area contributed by atoms with E-state index >= 15 is 0 Å². The number of hydrogen-bond acceptors (Lipinski definition) is 6. The molecule has 0 fully saturated rings. The molecule has 0 spiro atoms. The predicted octanol–water partition coefficient (Wildman–Crippen LogP) is -1.04. The maximum absolute atomic E-state index is 9.70. The highest BCUT2D eigenvalue weighted by Gasteiger charge is 2.44. The van der Waals surface area contributed by atoms with E-state index in [0.29, 0.717) is 12.3 Å². The zero-order chi connectivity index (χ0) is 13.4. The van der Waals surface area contributed by atoms with E-state index in [4.69, 9.17) is 24.9 Å². The van der Waals surface area contributed by atoms with Gasteiger partial charge in [-0.1, -0.05) is 12.1 Å². The van der Waals surface area contributed by atoms with Crippen LogP contribution in [-0.4, -0.2) is 49.3 Å². The quantitative estimate of drug-likeness (QED) is 0.618. The summed E-state index contributed by atoms with van der Waals surface area (Å²) in [6.45, 7) is 0.138. The summed E-state index contributed by atoms with van der Waals surface area (Å²) in [4.78, 5) is 0. The molecule has 0 aliphatic carbocycles. The molecular weight excluding hydrogens is 284 g/mol. The lowest BCUT2D eigenvalue weighted by molar-refractivity contribution is -0.0299. The van der Waals surface area contributed by atoms with Gasteiger partial charge in [-0.15, -0.1) is 12.4 Å². The lowest BCUT2D eigenvalue weighted by Crippen LogP contribution is -2.42. The molecule has 0 saturated heterocycles.